The van der Waals surface area contributed by atoms with Crippen molar-refractivity contribution in [1.29, 1.82) is 0 Å². The predicted octanol–water partition coefficient (Wildman–Crippen LogP) is 4.39. The molecule has 1 aliphatic carbocycles. The van der Waals surface area contributed by atoms with Gasteiger partial charge in [0.25, 0.3) is 5.79 Å². The molecule has 0 unspecified atom stereocenters. The number of hydrogen-bond donors (Lipinski definition) is 0. The van der Waals surface area contributed by atoms with E-state index in [2.05, 4.69) is 12.1 Å². The van der Waals surface area contributed by atoms with Gasteiger partial charge in [-0.3, -0.25) is 0 Å². The summed E-state index contributed by atoms with van der Waals surface area (Å²) in [7, 11) is 3.38. The van der Waals surface area contributed by atoms with Gasteiger partial charge >= 0.3 is 0 Å². The van der Waals surface area contributed by atoms with Crippen molar-refractivity contribution in [2.24, 2.45) is 11.8 Å². The Kier molecular flexibility index (Phi) is 3.56. The zero-order valence-corrected chi connectivity index (χ0v) is 15.3. The Balaban J connectivity index is 1.58. The van der Waals surface area contributed by atoms with Crippen LogP contribution in [0.3, 0.4) is 0 Å². The minimum atomic E-state index is -0.572. The molecule has 136 valence electrons. The van der Waals surface area contributed by atoms with Crippen LogP contribution in [0.25, 0.3) is 0 Å². The molecule has 2 aliphatic heterocycles. The van der Waals surface area contributed by atoms with Crippen LogP contribution in [0.5, 0.6) is 23.0 Å². The van der Waals surface area contributed by atoms with E-state index in [1.807, 2.05) is 24.3 Å². The maximum absolute atomic E-state index is 6.66. The average Bonchev–Trinajstić information content (AvgIpc) is 2.68. The molecule has 0 aromatic heterocycles. The van der Waals surface area contributed by atoms with Crippen LogP contribution in [0.15, 0.2) is 36.4 Å². The normalized spacial score (nSPS) is 28.4. The van der Waals surface area contributed by atoms with Gasteiger partial charge in [0, 0.05) is 24.0 Å². The number of rotatable bonds is 2. The van der Waals surface area contributed by atoms with Crippen molar-refractivity contribution in [3.63, 3.8) is 0 Å². The standard InChI is InChI=1S/C22H24O4/c1-23-18-8-6-14-10-16-4-3-5-17-11-15-7-9-19(24-2)13-21(15)26-22(16,17)25-20(14)12-18/h6-9,12-13,16-17H,3-5,10-11H2,1-2H3/t16-,17-,22?/m1/s1. The summed E-state index contributed by atoms with van der Waals surface area (Å²) in [6.07, 6.45) is 5.51. The third kappa shape index (κ3) is 2.28. The Morgan fingerprint density at radius 3 is 1.77 bits per heavy atom. The molecule has 1 spiro atoms. The molecule has 4 heteroatoms. The van der Waals surface area contributed by atoms with Crippen LogP contribution >= 0.6 is 0 Å². The van der Waals surface area contributed by atoms with Crippen molar-refractivity contribution in [3.8, 4) is 23.0 Å². The first-order chi connectivity index (χ1) is 12.7. The highest BCUT2D eigenvalue weighted by Gasteiger charge is 2.56. The minimum Gasteiger partial charge on any atom is -0.497 e. The highest BCUT2D eigenvalue weighted by atomic mass is 16.7. The van der Waals surface area contributed by atoms with Gasteiger partial charge in [0.15, 0.2) is 0 Å². The maximum atomic E-state index is 6.66. The van der Waals surface area contributed by atoms with Crippen molar-refractivity contribution >= 4 is 0 Å². The van der Waals surface area contributed by atoms with Crippen LogP contribution in [-0.4, -0.2) is 20.0 Å². The van der Waals surface area contributed by atoms with E-state index in [1.165, 1.54) is 17.5 Å². The van der Waals surface area contributed by atoms with E-state index in [9.17, 15) is 0 Å². The fourth-order valence-corrected chi connectivity index (χ4v) is 4.91. The molecule has 3 aliphatic rings. The van der Waals surface area contributed by atoms with Crippen molar-refractivity contribution in [3.05, 3.63) is 47.5 Å². The Bertz CT molecular complexity index is 775. The minimum absolute atomic E-state index is 0.376. The van der Waals surface area contributed by atoms with Crippen LogP contribution < -0.4 is 18.9 Å². The van der Waals surface area contributed by atoms with Crippen LogP contribution in [0.1, 0.15) is 30.4 Å². The van der Waals surface area contributed by atoms with E-state index in [0.29, 0.717) is 11.8 Å². The largest absolute Gasteiger partial charge is 0.497 e. The summed E-state index contributed by atoms with van der Waals surface area (Å²) in [5.41, 5.74) is 2.50. The molecule has 4 nitrogen and oxygen atoms in total. The Hall–Kier alpha value is -2.36. The second-order valence-electron chi connectivity index (χ2n) is 7.61. The summed E-state index contributed by atoms with van der Waals surface area (Å²) in [6.45, 7) is 0. The third-order valence-corrected chi connectivity index (χ3v) is 6.26. The first kappa shape index (κ1) is 15.9. The fraction of sp³-hybridized carbons (Fsp3) is 0.455. The fourth-order valence-electron chi connectivity index (χ4n) is 4.91. The van der Waals surface area contributed by atoms with Gasteiger partial charge in [0.2, 0.25) is 0 Å². The van der Waals surface area contributed by atoms with Gasteiger partial charge < -0.3 is 18.9 Å². The number of fused-ring (bicyclic) bond motifs is 2. The summed E-state index contributed by atoms with van der Waals surface area (Å²) in [6, 6.07) is 12.3. The summed E-state index contributed by atoms with van der Waals surface area (Å²) < 4.78 is 24.1. The van der Waals surface area contributed by atoms with E-state index in [1.54, 1.807) is 14.2 Å². The number of hydrogen-bond acceptors (Lipinski definition) is 4. The first-order valence-corrected chi connectivity index (χ1v) is 9.43. The third-order valence-electron chi connectivity index (χ3n) is 6.26. The molecule has 1 fully saturated rings. The van der Waals surface area contributed by atoms with E-state index in [4.69, 9.17) is 18.9 Å². The van der Waals surface area contributed by atoms with E-state index < -0.39 is 5.79 Å². The second kappa shape index (κ2) is 5.83. The predicted molar refractivity (Wildman–Crippen MR) is 98.2 cm³/mol. The van der Waals surface area contributed by atoms with Gasteiger partial charge in [-0.05, 0) is 48.9 Å². The Labute approximate surface area is 154 Å². The van der Waals surface area contributed by atoms with Crippen molar-refractivity contribution in [1.82, 2.24) is 0 Å². The van der Waals surface area contributed by atoms with E-state index >= 15 is 0 Å². The SMILES string of the molecule is COc1ccc2c(c1)OC13Oc4cc(OC)ccc4C[C@H]1CCC[C@@H]3C2. The van der Waals surface area contributed by atoms with E-state index in [-0.39, 0.29) is 0 Å². The number of ether oxygens (including phenoxy) is 4. The summed E-state index contributed by atoms with van der Waals surface area (Å²) in [5, 5.41) is 0. The first-order valence-electron chi connectivity index (χ1n) is 9.43. The molecule has 26 heavy (non-hydrogen) atoms. The van der Waals surface area contributed by atoms with Crippen molar-refractivity contribution in [2.45, 2.75) is 37.9 Å². The van der Waals surface area contributed by atoms with Gasteiger partial charge in [0.05, 0.1) is 14.2 Å². The van der Waals surface area contributed by atoms with Crippen molar-refractivity contribution < 1.29 is 18.9 Å². The second-order valence-corrected chi connectivity index (χ2v) is 7.61. The van der Waals surface area contributed by atoms with Crippen LogP contribution in [0, 0.1) is 11.8 Å². The highest BCUT2D eigenvalue weighted by Crippen LogP contribution is 2.53. The highest BCUT2D eigenvalue weighted by molar-refractivity contribution is 5.46. The molecule has 0 saturated heterocycles. The van der Waals surface area contributed by atoms with Gasteiger partial charge in [-0.15, -0.1) is 0 Å². The Morgan fingerprint density at radius 2 is 1.31 bits per heavy atom. The molecular formula is C22H24O4. The zero-order chi connectivity index (χ0) is 17.7. The molecule has 0 N–H and O–H groups in total. The topological polar surface area (TPSA) is 36.9 Å². The molecule has 5 rings (SSSR count). The van der Waals surface area contributed by atoms with Gasteiger partial charge in [-0.25, -0.2) is 0 Å². The molecule has 2 aromatic carbocycles. The molecule has 0 bridgehead atoms. The molecule has 0 radical (unpaired) electrons. The molecular weight excluding hydrogens is 328 g/mol. The van der Waals surface area contributed by atoms with Crippen LogP contribution in [0.4, 0.5) is 0 Å². The quantitative estimate of drug-likeness (QED) is 0.803. The smallest absolute Gasteiger partial charge is 0.257 e. The number of methoxy groups -OCH3 is 2. The molecule has 2 atom stereocenters. The zero-order valence-electron chi connectivity index (χ0n) is 15.3. The molecule has 2 aromatic rings. The lowest BCUT2D eigenvalue weighted by atomic mass is 9.68. The lowest BCUT2D eigenvalue weighted by molar-refractivity contribution is -0.226. The molecule has 1 saturated carbocycles. The average molecular weight is 352 g/mol. The summed E-state index contributed by atoms with van der Waals surface area (Å²) >= 11 is 0. The lowest BCUT2D eigenvalue weighted by Crippen LogP contribution is -2.61. The van der Waals surface area contributed by atoms with Gasteiger partial charge in [-0.2, -0.15) is 0 Å². The van der Waals surface area contributed by atoms with Crippen LogP contribution in [0.2, 0.25) is 0 Å². The van der Waals surface area contributed by atoms with Crippen LogP contribution in [-0.2, 0) is 12.8 Å². The molecule has 0 amide bonds. The monoisotopic (exact) mass is 352 g/mol. The van der Waals surface area contributed by atoms with E-state index in [0.717, 1.165) is 48.7 Å². The Morgan fingerprint density at radius 1 is 0.808 bits per heavy atom. The summed E-state index contributed by atoms with van der Waals surface area (Å²) in [5.74, 6) is 3.63. The molecule has 2 heterocycles. The lowest BCUT2D eigenvalue weighted by Gasteiger charge is -2.53. The van der Waals surface area contributed by atoms with Gasteiger partial charge in [-0.1, -0.05) is 18.6 Å². The summed E-state index contributed by atoms with van der Waals surface area (Å²) in [4.78, 5) is 0. The van der Waals surface area contributed by atoms with Gasteiger partial charge in [0.1, 0.15) is 23.0 Å². The number of benzene rings is 2. The maximum Gasteiger partial charge on any atom is 0.257 e. The van der Waals surface area contributed by atoms with Crippen molar-refractivity contribution in [2.75, 3.05) is 14.2 Å².